The average Bonchev–Trinajstić information content (AvgIpc) is 2.68. The van der Waals surface area contributed by atoms with Gasteiger partial charge in [0.15, 0.2) is 5.96 Å². The quantitative estimate of drug-likeness (QED) is 0.540. The lowest BCUT2D eigenvalue weighted by molar-refractivity contribution is 0.438. The highest BCUT2D eigenvalue weighted by Crippen LogP contribution is 2.47. The molecule has 26 heavy (non-hydrogen) atoms. The van der Waals surface area contributed by atoms with Crippen LogP contribution in [0.4, 0.5) is 5.69 Å². The molecular weight excluding hydrogens is 318 g/mol. The van der Waals surface area contributed by atoms with Gasteiger partial charge in [-0.3, -0.25) is 0 Å². The van der Waals surface area contributed by atoms with Gasteiger partial charge in [-0.1, -0.05) is 62.8 Å². The fraction of sp³-hybridized carbons (Fsp3) is 0.522. The van der Waals surface area contributed by atoms with E-state index in [0.29, 0.717) is 11.8 Å². The molecule has 4 rings (SSSR count). The van der Waals surface area contributed by atoms with E-state index in [4.69, 9.17) is 16.5 Å². The van der Waals surface area contributed by atoms with Crippen LogP contribution < -0.4 is 11.5 Å². The fourth-order valence-corrected chi connectivity index (χ4v) is 5.17. The molecule has 0 saturated heterocycles. The largest absolute Gasteiger partial charge is 0.370 e. The number of hydrogen-bond acceptors (Lipinski definition) is 1. The molecule has 0 aliphatic heterocycles. The molecular formula is C23H31N3. The second-order valence-electron chi connectivity index (χ2n) is 8.16. The molecule has 0 atom stereocenters. The summed E-state index contributed by atoms with van der Waals surface area (Å²) in [5.41, 5.74) is 15.7. The summed E-state index contributed by atoms with van der Waals surface area (Å²) in [5.74, 6) is 1.36. The first-order valence-electron chi connectivity index (χ1n) is 10.4. The maximum Gasteiger partial charge on any atom is 0.191 e. The molecule has 2 fully saturated rings. The van der Waals surface area contributed by atoms with Crippen LogP contribution in [0.3, 0.4) is 0 Å². The van der Waals surface area contributed by atoms with Crippen LogP contribution in [-0.4, -0.2) is 5.96 Å². The fourth-order valence-electron chi connectivity index (χ4n) is 5.17. The zero-order chi connectivity index (χ0) is 17.9. The Kier molecular flexibility index (Phi) is 5.14. The van der Waals surface area contributed by atoms with E-state index in [1.165, 1.54) is 86.1 Å². The zero-order valence-corrected chi connectivity index (χ0v) is 15.7. The minimum atomic E-state index is 0.189. The Balaban J connectivity index is 1.95. The van der Waals surface area contributed by atoms with Crippen molar-refractivity contribution in [3.8, 4) is 0 Å². The molecule has 138 valence electrons. The zero-order valence-electron chi connectivity index (χ0n) is 15.7. The van der Waals surface area contributed by atoms with Gasteiger partial charge < -0.3 is 11.5 Å². The lowest BCUT2D eigenvalue weighted by atomic mass is 9.76. The standard InChI is InChI=1S/C23H31N3/c24-23(25)26-22-20(16-9-3-1-4-10-16)15-18-13-7-8-14-19(18)21(22)17-11-5-2-6-12-17/h7-8,13-17H,1-6,9-12H2,(H4,24,25,26). The first kappa shape index (κ1) is 17.4. The summed E-state index contributed by atoms with van der Waals surface area (Å²) in [7, 11) is 0. The monoisotopic (exact) mass is 349 g/mol. The summed E-state index contributed by atoms with van der Waals surface area (Å²) in [4.78, 5) is 4.73. The second kappa shape index (κ2) is 7.69. The summed E-state index contributed by atoms with van der Waals surface area (Å²) in [6.07, 6.45) is 13.0. The van der Waals surface area contributed by atoms with Crippen LogP contribution in [-0.2, 0) is 0 Å². The summed E-state index contributed by atoms with van der Waals surface area (Å²) in [6.45, 7) is 0. The van der Waals surface area contributed by atoms with Crippen molar-refractivity contribution in [1.29, 1.82) is 0 Å². The number of rotatable bonds is 3. The Morgan fingerprint density at radius 1 is 0.808 bits per heavy atom. The molecule has 3 heteroatoms. The highest BCUT2D eigenvalue weighted by Gasteiger charge is 2.27. The van der Waals surface area contributed by atoms with Crippen molar-refractivity contribution < 1.29 is 0 Å². The van der Waals surface area contributed by atoms with Crippen molar-refractivity contribution in [3.05, 3.63) is 41.5 Å². The second-order valence-corrected chi connectivity index (χ2v) is 8.16. The predicted molar refractivity (Wildman–Crippen MR) is 111 cm³/mol. The van der Waals surface area contributed by atoms with E-state index in [2.05, 4.69) is 30.3 Å². The van der Waals surface area contributed by atoms with Crippen molar-refractivity contribution in [3.63, 3.8) is 0 Å². The minimum absolute atomic E-state index is 0.189. The summed E-state index contributed by atoms with van der Waals surface area (Å²) in [5, 5.41) is 2.70. The third-order valence-electron chi connectivity index (χ3n) is 6.39. The van der Waals surface area contributed by atoms with Crippen LogP contribution in [0.5, 0.6) is 0 Å². The molecule has 0 aromatic heterocycles. The van der Waals surface area contributed by atoms with Gasteiger partial charge in [0, 0.05) is 0 Å². The van der Waals surface area contributed by atoms with E-state index in [1.807, 2.05) is 0 Å². The van der Waals surface area contributed by atoms with Gasteiger partial charge in [0.25, 0.3) is 0 Å². The first-order valence-corrected chi connectivity index (χ1v) is 10.4. The van der Waals surface area contributed by atoms with E-state index in [9.17, 15) is 0 Å². The van der Waals surface area contributed by atoms with Crippen LogP contribution >= 0.6 is 0 Å². The van der Waals surface area contributed by atoms with Crippen LogP contribution in [0.15, 0.2) is 35.3 Å². The maximum atomic E-state index is 5.89. The highest BCUT2D eigenvalue weighted by atomic mass is 15.0. The molecule has 0 unspecified atom stereocenters. The van der Waals surface area contributed by atoms with Crippen molar-refractivity contribution in [1.82, 2.24) is 0 Å². The van der Waals surface area contributed by atoms with Crippen molar-refractivity contribution in [2.24, 2.45) is 16.5 Å². The molecule has 0 amide bonds. The number of nitrogens with zero attached hydrogens (tertiary/aromatic N) is 1. The molecule has 0 bridgehead atoms. The molecule has 0 heterocycles. The Labute approximate surface area is 156 Å². The van der Waals surface area contributed by atoms with E-state index < -0.39 is 0 Å². The Morgan fingerprint density at radius 2 is 1.42 bits per heavy atom. The lowest BCUT2D eigenvalue weighted by Gasteiger charge is -2.29. The Morgan fingerprint density at radius 3 is 2.08 bits per heavy atom. The number of aliphatic imine (C=N–C) groups is 1. The van der Waals surface area contributed by atoms with Crippen LogP contribution in [0.1, 0.15) is 87.2 Å². The molecule has 2 aliphatic carbocycles. The molecule has 4 N–H and O–H groups in total. The van der Waals surface area contributed by atoms with Crippen LogP contribution in [0.25, 0.3) is 10.8 Å². The normalized spacial score (nSPS) is 19.5. The lowest BCUT2D eigenvalue weighted by Crippen LogP contribution is -2.22. The third-order valence-corrected chi connectivity index (χ3v) is 6.39. The summed E-state index contributed by atoms with van der Waals surface area (Å²) in [6, 6.07) is 11.2. The number of hydrogen-bond donors (Lipinski definition) is 2. The van der Waals surface area contributed by atoms with Crippen molar-refractivity contribution in [2.75, 3.05) is 0 Å². The van der Waals surface area contributed by atoms with Crippen molar-refractivity contribution in [2.45, 2.75) is 76.0 Å². The minimum Gasteiger partial charge on any atom is -0.370 e. The van der Waals surface area contributed by atoms with Gasteiger partial charge in [0.2, 0.25) is 0 Å². The van der Waals surface area contributed by atoms with Gasteiger partial charge in [0.05, 0.1) is 5.69 Å². The SMILES string of the molecule is NC(N)=Nc1c(C2CCCCC2)cc2ccccc2c1C1CCCCC1. The molecule has 0 radical (unpaired) electrons. The molecule has 2 aliphatic rings. The average molecular weight is 350 g/mol. The van der Waals surface area contributed by atoms with E-state index in [-0.39, 0.29) is 5.96 Å². The maximum absolute atomic E-state index is 5.89. The van der Waals surface area contributed by atoms with E-state index >= 15 is 0 Å². The number of benzene rings is 2. The van der Waals surface area contributed by atoms with Gasteiger partial charge in [-0.05, 0) is 65.5 Å². The first-order chi connectivity index (χ1) is 12.7. The number of fused-ring (bicyclic) bond motifs is 1. The summed E-state index contributed by atoms with van der Waals surface area (Å²) < 4.78 is 0. The Hall–Kier alpha value is -2.03. The molecule has 3 nitrogen and oxygen atoms in total. The van der Waals surface area contributed by atoms with E-state index in [0.717, 1.165) is 5.69 Å². The van der Waals surface area contributed by atoms with Crippen LogP contribution in [0.2, 0.25) is 0 Å². The van der Waals surface area contributed by atoms with Gasteiger partial charge in [-0.15, -0.1) is 0 Å². The molecule has 0 spiro atoms. The topological polar surface area (TPSA) is 64.4 Å². The van der Waals surface area contributed by atoms with Crippen molar-refractivity contribution >= 4 is 22.4 Å². The number of guanidine groups is 1. The Bertz CT molecular complexity index is 792. The van der Waals surface area contributed by atoms with E-state index in [1.54, 1.807) is 0 Å². The third kappa shape index (κ3) is 3.44. The molecule has 2 aromatic carbocycles. The van der Waals surface area contributed by atoms with Gasteiger partial charge in [0.1, 0.15) is 0 Å². The van der Waals surface area contributed by atoms with Gasteiger partial charge in [-0.2, -0.15) is 0 Å². The molecule has 2 aromatic rings. The predicted octanol–water partition coefficient (Wildman–Crippen LogP) is 5.84. The molecule has 2 saturated carbocycles. The number of nitrogens with two attached hydrogens (primary N) is 2. The van der Waals surface area contributed by atoms with Gasteiger partial charge in [-0.25, -0.2) is 4.99 Å². The smallest absolute Gasteiger partial charge is 0.191 e. The summed E-state index contributed by atoms with van der Waals surface area (Å²) >= 11 is 0. The van der Waals surface area contributed by atoms with Crippen LogP contribution in [0, 0.1) is 0 Å². The highest BCUT2D eigenvalue weighted by molar-refractivity contribution is 5.93. The van der Waals surface area contributed by atoms with Gasteiger partial charge >= 0.3 is 0 Å².